The van der Waals surface area contributed by atoms with Crippen LogP contribution in [0.15, 0.2) is 186 Å². The second-order valence-corrected chi connectivity index (χ2v) is 12.5. The smallest absolute Gasteiger partial charge is 0.169 e. The van der Waals surface area contributed by atoms with Gasteiger partial charge < -0.3 is 5.32 Å². The van der Waals surface area contributed by atoms with E-state index >= 15 is 0 Å². The summed E-state index contributed by atoms with van der Waals surface area (Å²) in [6.07, 6.45) is -0.244. The van der Waals surface area contributed by atoms with Gasteiger partial charge in [0.1, 0.15) is 12.0 Å². The van der Waals surface area contributed by atoms with E-state index in [1.54, 1.807) is 11.3 Å². The van der Waals surface area contributed by atoms with Gasteiger partial charge in [0.2, 0.25) is 0 Å². The minimum atomic E-state index is -0.244. The molecule has 1 aromatic heterocycles. The fourth-order valence-electron chi connectivity index (χ4n) is 6.12. The molecule has 0 amide bonds. The molecule has 1 aliphatic rings. The van der Waals surface area contributed by atoms with E-state index in [1.807, 2.05) is 6.07 Å². The molecule has 0 saturated carbocycles. The van der Waals surface area contributed by atoms with Crippen LogP contribution in [0.2, 0.25) is 0 Å². The summed E-state index contributed by atoms with van der Waals surface area (Å²) >= 11 is 1.73. The minimum Gasteiger partial charge on any atom is -0.344 e. The normalized spacial score (nSPS) is 14.2. The van der Waals surface area contributed by atoms with Gasteiger partial charge in [-0.1, -0.05) is 164 Å². The standard InChI is InChI=1S/C43H31N3S/c1-5-15-30(16-6-1)39(31-17-7-2-8-18-31)40(32-19-9-3-10-20-32)33-25-27-35(28-26-33)42-44-41(34-21-11-4-12-22-34)45-43(46-42)38-29-36-23-13-14-24-37(36)47-38/h1-29,41H,(H,44,45,46). The predicted molar refractivity (Wildman–Crippen MR) is 198 cm³/mol. The van der Waals surface area contributed by atoms with Gasteiger partial charge in [-0.25, -0.2) is 9.98 Å². The molecule has 8 rings (SSSR count). The van der Waals surface area contributed by atoms with Crippen LogP contribution in [0.4, 0.5) is 0 Å². The molecule has 2 heterocycles. The number of fused-ring (bicyclic) bond motifs is 1. The van der Waals surface area contributed by atoms with Crippen LogP contribution < -0.4 is 5.32 Å². The first-order valence-electron chi connectivity index (χ1n) is 15.8. The van der Waals surface area contributed by atoms with Crippen molar-refractivity contribution in [1.29, 1.82) is 0 Å². The van der Waals surface area contributed by atoms with Gasteiger partial charge in [-0.3, -0.25) is 0 Å². The van der Waals surface area contributed by atoms with Gasteiger partial charge in [0.15, 0.2) is 5.84 Å². The molecule has 4 heteroatoms. The van der Waals surface area contributed by atoms with Gasteiger partial charge in [-0.05, 0) is 56.5 Å². The van der Waals surface area contributed by atoms with Gasteiger partial charge in [-0.15, -0.1) is 11.3 Å². The van der Waals surface area contributed by atoms with E-state index < -0.39 is 0 Å². The van der Waals surface area contributed by atoms with E-state index in [9.17, 15) is 0 Å². The van der Waals surface area contributed by atoms with Gasteiger partial charge in [0.25, 0.3) is 0 Å². The van der Waals surface area contributed by atoms with Gasteiger partial charge in [0.05, 0.1) is 4.88 Å². The first kappa shape index (κ1) is 28.6. The molecule has 7 aromatic rings. The SMILES string of the molecule is c1ccc(C(=C(c2ccccc2)c2ccc(C3=NC(c4cc5ccccc5s4)=NC(c4ccccc4)N3)cc2)c2ccccc2)cc1. The Kier molecular flexibility index (Phi) is 7.84. The van der Waals surface area contributed by atoms with E-state index in [2.05, 4.69) is 175 Å². The highest BCUT2D eigenvalue weighted by Gasteiger charge is 2.23. The van der Waals surface area contributed by atoms with Crippen molar-refractivity contribution < 1.29 is 0 Å². The Balaban J connectivity index is 1.25. The largest absolute Gasteiger partial charge is 0.344 e. The number of nitrogens with zero attached hydrogens (tertiary/aromatic N) is 2. The van der Waals surface area contributed by atoms with E-state index in [0.717, 1.165) is 33.2 Å². The Morgan fingerprint density at radius 3 is 1.55 bits per heavy atom. The molecule has 0 radical (unpaired) electrons. The molecule has 6 aromatic carbocycles. The second kappa shape index (κ2) is 12.9. The van der Waals surface area contributed by atoms with Gasteiger partial charge >= 0.3 is 0 Å². The van der Waals surface area contributed by atoms with Crippen LogP contribution in [0.3, 0.4) is 0 Å². The number of nitrogens with one attached hydrogen (secondary N) is 1. The topological polar surface area (TPSA) is 36.8 Å². The van der Waals surface area contributed by atoms with E-state index in [1.165, 1.54) is 37.9 Å². The van der Waals surface area contributed by atoms with Crippen molar-refractivity contribution in [1.82, 2.24) is 5.32 Å². The average Bonchev–Trinajstić information content (AvgIpc) is 3.60. The van der Waals surface area contributed by atoms with Crippen LogP contribution >= 0.6 is 11.3 Å². The lowest BCUT2D eigenvalue weighted by Gasteiger charge is -2.23. The number of benzene rings is 6. The summed E-state index contributed by atoms with van der Waals surface area (Å²) in [7, 11) is 0. The van der Waals surface area contributed by atoms with Crippen molar-refractivity contribution in [3.8, 4) is 0 Å². The molecule has 0 spiro atoms. The highest BCUT2D eigenvalue weighted by atomic mass is 32.1. The zero-order chi connectivity index (χ0) is 31.4. The molecule has 3 nitrogen and oxygen atoms in total. The molecule has 0 saturated heterocycles. The fraction of sp³-hybridized carbons (Fsp3) is 0.0233. The second-order valence-electron chi connectivity index (χ2n) is 11.4. The van der Waals surface area contributed by atoms with Crippen LogP contribution in [0.25, 0.3) is 21.2 Å². The molecular formula is C43H31N3S. The molecule has 0 aliphatic carbocycles. The number of hydrogen-bond acceptors (Lipinski definition) is 4. The van der Waals surface area contributed by atoms with Crippen molar-refractivity contribution in [2.24, 2.45) is 9.98 Å². The number of aliphatic imine (C=N–C) groups is 2. The van der Waals surface area contributed by atoms with Crippen molar-refractivity contribution in [3.63, 3.8) is 0 Å². The first-order valence-corrected chi connectivity index (χ1v) is 16.6. The van der Waals surface area contributed by atoms with Crippen LogP contribution in [0.5, 0.6) is 0 Å². The summed E-state index contributed by atoms with van der Waals surface area (Å²) in [5.41, 5.74) is 9.14. The molecular weight excluding hydrogens is 591 g/mol. The maximum atomic E-state index is 5.11. The quantitative estimate of drug-likeness (QED) is 0.177. The minimum absolute atomic E-state index is 0.244. The Morgan fingerprint density at radius 2 is 1.00 bits per heavy atom. The summed E-state index contributed by atoms with van der Waals surface area (Å²) in [6.45, 7) is 0. The third-order valence-corrected chi connectivity index (χ3v) is 9.50. The molecule has 47 heavy (non-hydrogen) atoms. The Bertz CT molecular complexity index is 2160. The lowest BCUT2D eigenvalue weighted by Crippen LogP contribution is -2.33. The highest BCUT2D eigenvalue weighted by Crippen LogP contribution is 2.37. The molecule has 1 unspecified atom stereocenters. The van der Waals surface area contributed by atoms with Crippen molar-refractivity contribution >= 4 is 44.2 Å². The summed E-state index contributed by atoms with van der Waals surface area (Å²) in [6, 6.07) is 61.8. The molecule has 0 bridgehead atoms. The third kappa shape index (κ3) is 5.95. The van der Waals surface area contributed by atoms with E-state index in [-0.39, 0.29) is 6.17 Å². The number of hydrogen-bond donors (Lipinski definition) is 1. The monoisotopic (exact) mass is 621 g/mol. The zero-order valence-corrected chi connectivity index (χ0v) is 26.4. The zero-order valence-electron chi connectivity index (χ0n) is 25.6. The van der Waals surface area contributed by atoms with Gasteiger partial charge in [-0.2, -0.15) is 0 Å². The van der Waals surface area contributed by atoms with E-state index in [0.29, 0.717) is 0 Å². The number of thiophene rings is 1. The summed E-state index contributed by atoms with van der Waals surface area (Å²) in [5, 5.41) is 4.84. The molecule has 0 fully saturated rings. The van der Waals surface area contributed by atoms with Crippen LogP contribution in [0.1, 0.15) is 44.4 Å². The van der Waals surface area contributed by atoms with Crippen molar-refractivity contribution in [2.75, 3.05) is 0 Å². The fourth-order valence-corrected chi connectivity index (χ4v) is 7.13. The molecule has 224 valence electrons. The maximum absolute atomic E-state index is 5.11. The van der Waals surface area contributed by atoms with Crippen LogP contribution in [0, 0.1) is 0 Å². The molecule has 1 atom stereocenters. The summed E-state index contributed by atoms with van der Waals surface area (Å²) in [4.78, 5) is 11.3. The highest BCUT2D eigenvalue weighted by molar-refractivity contribution is 7.20. The molecule has 1 N–H and O–H groups in total. The maximum Gasteiger partial charge on any atom is 0.169 e. The Morgan fingerprint density at radius 1 is 0.511 bits per heavy atom. The number of rotatable bonds is 7. The Labute approximate surface area is 279 Å². The van der Waals surface area contributed by atoms with Crippen LogP contribution in [-0.4, -0.2) is 11.7 Å². The van der Waals surface area contributed by atoms with Gasteiger partial charge in [0, 0.05) is 10.3 Å². The van der Waals surface area contributed by atoms with E-state index in [4.69, 9.17) is 9.98 Å². The lowest BCUT2D eigenvalue weighted by atomic mass is 9.85. The predicted octanol–water partition coefficient (Wildman–Crippen LogP) is 10.4. The lowest BCUT2D eigenvalue weighted by molar-refractivity contribution is 0.674. The van der Waals surface area contributed by atoms with Crippen LogP contribution in [-0.2, 0) is 0 Å². The summed E-state index contributed by atoms with van der Waals surface area (Å²) in [5.74, 6) is 1.56. The first-order chi connectivity index (χ1) is 23.3. The average molecular weight is 622 g/mol. The summed E-state index contributed by atoms with van der Waals surface area (Å²) < 4.78 is 1.23. The Hall–Kier alpha value is -5.84. The number of amidine groups is 2. The molecule has 1 aliphatic heterocycles. The van der Waals surface area contributed by atoms with Crippen molar-refractivity contribution in [2.45, 2.75) is 6.17 Å². The third-order valence-electron chi connectivity index (χ3n) is 8.39. The van der Waals surface area contributed by atoms with Crippen molar-refractivity contribution in [3.05, 3.63) is 214 Å².